The van der Waals surface area contributed by atoms with Gasteiger partial charge in [-0.3, -0.25) is 0 Å². The molecular weight excluding hydrogens is 338 g/mol. The van der Waals surface area contributed by atoms with E-state index in [0.29, 0.717) is 22.6 Å². The van der Waals surface area contributed by atoms with Crippen LogP contribution >= 0.6 is 0 Å². The SMILES string of the molecule is O=S(=O)(NC1CCC2CCCCC2C1c1nnn[nH]1)c1ccccc1. The molecule has 25 heavy (non-hydrogen) atoms. The minimum Gasteiger partial charge on any atom is -0.243 e. The number of benzene rings is 1. The molecule has 2 aliphatic carbocycles. The second-order valence-electron chi connectivity index (χ2n) is 7.14. The third kappa shape index (κ3) is 3.32. The summed E-state index contributed by atoms with van der Waals surface area (Å²) in [5, 5.41) is 14.5. The molecule has 134 valence electrons. The van der Waals surface area contributed by atoms with Crippen LogP contribution in [0.2, 0.25) is 0 Å². The number of nitrogens with zero attached hydrogens (tertiary/aromatic N) is 3. The monoisotopic (exact) mass is 361 g/mol. The summed E-state index contributed by atoms with van der Waals surface area (Å²) in [4.78, 5) is 0.301. The fourth-order valence-corrected chi connectivity index (χ4v) is 5.95. The molecule has 2 saturated carbocycles. The Labute approximate surface area is 147 Å². The van der Waals surface area contributed by atoms with Gasteiger partial charge in [-0.1, -0.05) is 37.5 Å². The van der Waals surface area contributed by atoms with E-state index < -0.39 is 10.0 Å². The van der Waals surface area contributed by atoms with Crippen LogP contribution in [0, 0.1) is 11.8 Å². The first-order valence-electron chi connectivity index (χ1n) is 8.96. The quantitative estimate of drug-likeness (QED) is 0.870. The van der Waals surface area contributed by atoms with Crippen molar-refractivity contribution in [2.45, 2.75) is 55.4 Å². The predicted octanol–water partition coefficient (Wildman–Crippen LogP) is 2.23. The number of hydrogen-bond donors (Lipinski definition) is 2. The van der Waals surface area contributed by atoms with Gasteiger partial charge in [0.25, 0.3) is 0 Å². The van der Waals surface area contributed by atoms with Crippen LogP contribution in [-0.2, 0) is 10.0 Å². The summed E-state index contributed by atoms with van der Waals surface area (Å²) in [6, 6.07) is 8.36. The van der Waals surface area contributed by atoms with Crippen molar-refractivity contribution >= 4 is 10.0 Å². The Morgan fingerprint density at radius 2 is 1.84 bits per heavy atom. The Hall–Kier alpha value is -1.80. The first-order valence-corrected chi connectivity index (χ1v) is 10.4. The van der Waals surface area contributed by atoms with Crippen LogP contribution in [0.15, 0.2) is 35.2 Å². The van der Waals surface area contributed by atoms with Crippen molar-refractivity contribution in [3.05, 3.63) is 36.2 Å². The van der Waals surface area contributed by atoms with E-state index in [4.69, 9.17) is 0 Å². The van der Waals surface area contributed by atoms with Gasteiger partial charge in [-0.05, 0) is 53.7 Å². The van der Waals surface area contributed by atoms with Crippen LogP contribution in [-0.4, -0.2) is 35.1 Å². The van der Waals surface area contributed by atoms with Gasteiger partial charge in [-0.25, -0.2) is 18.2 Å². The number of rotatable bonds is 4. The first kappa shape index (κ1) is 16.7. The van der Waals surface area contributed by atoms with E-state index >= 15 is 0 Å². The Balaban J connectivity index is 1.63. The number of aromatic nitrogens is 4. The van der Waals surface area contributed by atoms with Crippen molar-refractivity contribution in [3.63, 3.8) is 0 Å². The van der Waals surface area contributed by atoms with Crippen LogP contribution < -0.4 is 4.72 Å². The molecule has 0 bridgehead atoms. The molecule has 2 aliphatic rings. The summed E-state index contributed by atoms with van der Waals surface area (Å²) >= 11 is 0. The second kappa shape index (κ2) is 6.84. The van der Waals surface area contributed by atoms with E-state index in [-0.39, 0.29) is 12.0 Å². The molecule has 1 aromatic heterocycles. The molecule has 2 aromatic rings. The number of sulfonamides is 1. The van der Waals surface area contributed by atoms with Gasteiger partial charge >= 0.3 is 0 Å². The van der Waals surface area contributed by atoms with Crippen molar-refractivity contribution in [2.75, 3.05) is 0 Å². The third-order valence-electron chi connectivity index (χ3n) is 5.75. The summed E-state index contributed by atoms with van der Waals surface area (Å²) in [5.41, 5.74) is 0. The minimum atomic E-state index is -3.55. The van der Waals surface area contributed by atoms with Crippen molar-refractivity contribution in [2.24, 2.45) is 11.8 Å². The molecule has 0 spiro atoms. The number of hydrogen-bond acceptors (Lipinski definition) is 5. The zero-order chi connectivity index (χ0) is 17.3. The molecule has 1 aromatic carbocycles. The highest BCUT2D eigenvalue weighted by atomic mass is 32.2. The number of tetrazole rings is 1. The second-order valence-corrected chi connectivity index (χ2v) is 8.85. The Bertz CT molecular complexity index is 794. The topological polar surface area (TPSA) is 101 Å². The van der Waals surface area contributed by atoms with Crippen LogP contribution in [0.25, 0.3) is 0 Å². The molecule has 4 rings (SSSR count). The fourth-order valence-electron chi connectivity index (χ4n) is 4.64. The maximum atomic E-state index is 12.8. The van der Waals surface area contributed by atoms with Crippen molar-refractivity contribution in [1.29, 1.82) is 0 Å². The molecule has 0 amide bonds. The van der Waals surface area contributed by atoms with E-state index in [0.717, 1.165) is 19.3 Å². The summed E-state index contributed by atoms with van der Waals surface area (Å²) in [6.45, 7) is 0. The summed E-state index contributed by atoms with van der Waals surface area (Å²) in [6.07, 6.45) is 6.67. The van der Waals surface area contributed by atoms with E-state index in [1.165, 1.54) is 19.3 Å². The Kier molecular flexibility index (Phi) is 4.56. The van der Waals surface area contributed by atoms with Gasteiger partial charge in [0, 0.05) is 12.0 Å². The molecule has 1 heterocycles. The molecule has 7 nitrogen and oxygen atoms in total. The smallest absolute Gasteiger partial charge is 0.240 e. The third-order valence-corrected chi connectivity index (χ3v) is 7.25. The fraction of sp³-hybridized carbons (Fsp3) is 0.588. The standard InChI is InChI=1S/C17H23N5O2S/c23-25(24,13-7-2-1-3-8-13)20-15-11-10-12-6-4-5-9-14(12)16(15)17-18-21-22-19-17/h1-3,7-8,12,14-16,20H,4-6,9-11H2,(H,18,19,21,22). The summed E-state index contributed by atoms with van der Waals surface area (Å²) < 4.78 is 28.5. The molecule has 4 atom stereocenters. The lowest BCUT2D eigenvalue weighted by Gasteiger charge is -2.44. The predicted molar refractivity (Wildman–Crippen MR) is 92.2 cm³/mol. The van der Waals surface area contributed by atoms with Gasteiger partial charge < -0.3 is 0 Å². The van der Waals surface area contributed by atoms with E-state index in [1.54, 1.807) is 24.3 Å². The number of aromatic amines is 1. The highest BCUT2D eigenvalue weighted by Crippen LogP contribution is 2.47. The minimum absolute atomic E-state index is 0.00698. The van der Waals surface area contributed by atoms with Gasteiger partial charge in [0.1, 0.15) is 0 Å². The molecule has 4 unspecified atom stereocenters. The zero-order valence-electron chi connectivity index (χ0n) is 14.0. The van der Waals surface area contributed by atoms with Gasteiger partial charge in [-0.2, -0.15) is 0 Å². The number of H-pyrrole nitrogens is 1. The van der Waals surface area contributed by atoms with E-state index in [9.17, 15) is 8.42 Å². The van der Waals surface area contributed by atoms with Crippen LogP contribution in [0.1, 0.15) is 50.3 Å². The highest BCUT2D eigenvalue weighted by Gasteiger charge is 2.44. The molecule has 0 radical (unpaired) electrons. The summed E-state index contributed by atoms with van der Waals surface area (Å²) in [7, 11) is -3.55. The van der Waals surface area contributed by atoms with Gasteiger partial charge in [0.2, 0.25) is 10.0 Å². The molecule has 2 N–H and O–H groups in total. The Morgan fingerprint density at radius 3 is 2.60 bits per heavy atom. The van der Waals surface area contributed by atoms with Gasteiger partial charge in [-0.15, -0.1) is 5.10 Å². The van der Waals surface area contributed by atoms with Crippen LogP contribution in [0.4, 0.5) is 0 Å². The zero-order valence-corrected chi connectivity index (χ0v) is 14.8. The van der Waals surface area contributed by atoms with Gasteiger partial charge in [0.05, 0.1) is 4.90 Å². The van der Waals surface area contributed by atoms with E-state index in [2.05, 4.69) is 25.3 Å². The van der Waals surface area contributed by atoms with Gasteiger partial charge in [0.15, 0.2) is 5.82 Å². The molecule has 8 heteroatoms. The number of nitrogens with one attached hydrogen (secondary N) is 2. The largest absolute Gasteiger partial charge is 0.243 e. The van der Waals surface area contributed by atoms with Crippen LogP contribution in [0.5, 0.6) is 0 Å². The lowest BCUT2D eigenvalue weighted by molar-refractivity contribution is 0.119. The average Bonchev–Trinajstić information content (AvgIpc) is 3.16. The van der Waals surface area contributed by atoms with Crippen molar-refractivity contribution in [1.82, 2.24) is 25.3 Å². The lowest BCUT2D eigenvalue weighted by Crippen LogP contribution is -2.47. The Morgan fingerprint density at radius 1 is 1.04 bits per heavy atom. The average molecular weight is 361 g/mol. The molecule has 0 saturated heterocycles. The van der Waals surface area contributed by atoms with E-state index in [1.807, 2.05) is 6.07 Å². The number of fused-ring (bicyclic) bond motifs is 1. The van der Waals surface area contributed by atoms with Crippen molar-refractivity contribution in [3.8, 4) is 0 Å². The maximum absolute atomic E-state index is 12.8. The lowest BCUT2D eigenvalue weighted by atomic mass is 9.63. The van der Waals surface area contributed by atoms with Crippen molar-refractivity contribution < 1.29 is 8.42 Å². The summed E-state index contributed by atoms with van der Waals surface area (Å²) in [5.74, 6) is 1.78. The molecule has 0 aliphatic heterocycles. The highest BCUT2D eigenvalue weighted by molar-refractivity contribution is 7.89. The molecular formula is C17H23N5O2S. The maximum Gasteiger partial charge on any atom is 0.240 e. The van der Waals surface area contributed by atoms with Crippen LogP contribution in [0.3, 0.4) is 0 Å². The first-order chi connectivity index (χ1) is 12.1. The normalized spacial score (nSPS) is 29.9. The molecule has 2 fully saturated rings.